The van der Waals surface area contributed by atoms with E-state index in [2.05, 4.69) is 9.97 Å². The van der Waals surface area contributed by atoms with Crippen molar-refractivity contribution in [3.63, 3.8) is 0 Å². The molecular weight excluding hydrogens is 280 g/mol. The molecule has 2 heterocycles. The Morgan fingerprint density at radius 3 is 1.55 bits per heavy atom. The Morgan fingerprint density at radius 2 is 1.09 bits per heavy atom. The third kappa shape index (κ3) is 1.89. The first-order valence-corrected chi connectivity index (χ1v) is 6.95. The SMILES string of the molecule is OC(C(O)n1cnc2ccccc21)n1cnc2ccccc21. The maximum Gasteiger partial charge on any atom is 0.177 e. The Bertz CT molecular complexity index is 865. The van der Waals surface area contributed by atoms with Crippen LogP contribution in [-0.2, 0) is 0 Å². The number of hydrogen-bond acceptors (Lipinski definition) is 4. The minimum absolute atomic E-state index is 0.762. The van der Waals surface area contributed by atoms with Crippen LogP contribution in [0.2, 0.25) is 0 Å². The summed E-state index contributed by atoms with van der Waals surface area (Å²) in [6.07, 6.45) is 0.727. The van der Waals surface area contributed by atoms with Crippen LogP contribution in [0.25, 0.3) is 22.1 Å². The third-order valence-corrected chi connectivity index (χ3v) is 3.80. The summed E-state index contributed by atoms with van der Waals surface area (Å²) >= 11 is 0. The van der Waals surface area contributed by atoms with Gasteiger partial charge < -0.3 is 10.2 Å². The highest BCUT2D eigenvalue weighted by Crippen LogP contribution is 2.26. The van der Waals surface area contributed by atoms with Gasteiger partial charge in [0, 0.05) is 0 Å². The summed E-state index contributed by atoms with van der Waals surface area (Å²) in [5.74, 6) is 0. The van der Waals surface area contributed by atoms with Crippen molar-refractivity contribution in [1.82, 2.24) is 19.1 Å². The number of fused-ring (bicyclic) bond motifs is 2. The van der Waals surface area contributed by atoms with Crippen LogP contribution in [0.15, 0.2) is 61.2 Å². The normalized spacial score (nSPS) is 14.5. The van der Waals surface area contributed by atoms with Gasteiger partial charge in [0.2, 0.25) is 0 Å². The quantitative estimate of drug-likeness (QED) is 0.606. The molecule has 2 unspecified atom stereocenters. The van der Waals surface area contributed by atoms with Gasteiger partial charge in [-0.1, -0.05) is 24.3 Å². The highest BCUT2D eigenvalue weighted by Gasteiger charge is 2.22. The van der Waals surface area contributed by atoms with Gasteiger partial charge in [0.1, 0.15) is 0 Å². The van der Waals surface area contributed by atoms with E-state index in [1.807, 2.05) is 48.5 Å². The number of aliphatic hydroxyl groups excluding tert-OH is 2. The van der Waals surface area contributed by atoms with Crippen molar-refractivity contribution in [2.24, 2.45) is 0 Å². The van der Waals surface area contributed by atoms with E-state index in [0.717, 1.165) is 22.1 Å². The summed E-state index contributed by atoms with van der Waals surface area (Å²) in [7, 11) is 0. The van der Waals surface area contributed by atoms with Crippen LogP contribution >= 0.6 is 0 Å². The largest absolute Gasteiger partial charge is 0.369 e. The van der Waals surface area contributed by atoms with Crippen LogP contribution in [0.1, 0.15) is 12.5 Å². The van der Waals surface area contributed by atoms with Gasteiger partial charge in [-0.15, -0.1) is 0 Å². The molecule has 2 atom stereocenters. The molecule has 6 nitrogen and oxygen atoms in total. The Kier molecular flexibility index (Phi) is 2.92. The van der Waals surface area contributed by atoms with Crippen LogP contribution in [-0.4, -0.2) is 29.3 Å². The van der Waals surface area contributed by atoms with Crippen molar-refractivity contribution in [2.45, 2.75) is 12.5 Å². The fourth-order valence-corrected chi connectivity index (χ4v) is 2.67. The van der Waals surface area contributed by atoms with Gasteiger partial charge in [-0.3, -0.25) is 9.13 Å². The minimum atomic E-state index is -1.16. The molecule has 4 rings (SSSR count). The molecule has 2 aromatic heterocycles. The second-order valence-electron chi connectivity index (χ2n) is 5.11. The number of aliphatic hydroxyl groups is 2. The molecule has 4 aromatic rings. The molecule has 0 radical (unpaired) electrons. The van der Waals surface area contributed by atoms with Gasteiger partial charge in [-0.2, -0.15) is 0 Å². The molecule has 0 saturated heterocycles. The zero-order valence-electron chi connectivity index (χ0n) is 11.6. The van der Waals surface area contributed by atoms with E-state index < -0.39 is 12.5 Å². The van der Waals surface area contributed by atoms with E-state index in [9.17, 15) is 10.2 Å². The summed E-state index contributed by atoms with van der Waals surface area (Å²) in [4.78, 5) is 8.47. The predicted octanol–water partition coefficient (Wildman–Crippen LogP) is 2.07. The number of aromatic nitrogens is 4. The lowest BCUT2D eigenvalue weighted by Gasteiger charge is -2.21. The lowest BCUT2D eigenvalue weighted by atomic mass is 10.3. The average molecular weight is 294 g/mol. The zero-order valence-corrected chi connectivity index (χ0v) is 11.6. The van der Waals surface area contributed by atoms with Gasteiger partial charge in [0.15, 0.2) is 12.5 Å². The van der Waals surface area contributed by atoms with Gasteiger partial charge >= 0.3 is 0 Å². The molecule has 0 aliphatic rings. The Labute approximate surface area is 125 Å². The molecule has 22 heavy (non-hydrogen) atoms. The lowest BCUT2D eigenvalue weighted by molar-refractivity contribution is -0.0667. The molecule has 2 N–H and O–H groups in total. The molecule has 0 bridgehead atoms. The van der Waals surface area contributed by atoms with Crippen molar-refractivity contribution in [3.8, 4) is 0 Å². The van der Waals surface area contributed by atoms with Gasteiger partial charge in [0.05, 0.1) is 34.7 Å². The van der Waals surface area contributed by atoms with E-state index in [4.69, 9.17) is 0 Å². The van der Waals surface area contributed by atoms with Gasteiger partial charge in [0.25, 0.3) is 0 Å². The third-order valence-electron chi connectivity index (χ3n) is 3.80. The van der Waals surface area contributed by atoms with Crippen molar-refractivity contribution in [2.75, 3.05) is 0 Å². The number of nitrogens with zero attached hydrogens (tertiary/aromatic N) is 4. The monoisotopic (exact) mass is 294 g/mol. The average Bonchev–Trinajstić information content (AvgIpc) is 3.17. The molecule has 0 fully saturated rings. The number of hydrogen-bond donors (Lipinski definition) is 2. The lowest BCUT2D eigenvalue weighted by Crippen LogP contribution is -2.21. The number of imidazole rings is 2. The van der Waals surface area contributed by atoms with Crippen LogP contribution in [0.3, 0.4) is 0 Å². The van der Waals surface area contributed by atoms with Gasteiger partial charge in [-0.25, -0.2) is 9.97 Å². The number of para-hydroxylation sites is 4. The van der Waals surface area contributed by atoms with Crippen LogP contribution in [0, 0.1) is 0 Å². The van der Waals surface area contributed by atoms with E-state index in [1.54, 1.807) is 9.13 Å². The molecule has 2 aromatic carbocycles. The molecule has 0 spiro atoms. The second-order valence-corrected chi connectivity index (χ2v) is 5.11. The molecule has 0 aliphatic carbocycles. The maximum absolute atomic E-state index is 10.5. The Hall–Kier alpha value is -2.70. The van der Waals surface area contributed by atoms with E-state index in [0.29, 0.717) is 0 Å². The second kappa shape index (κ2) is 4.94. The van der Waals surface area contributed by atoms with Crippen molar-refractivity contribution in [3.05, 3.63) is 61.2 Å². The highest BCUT2D eigenvalue weighted by molar-refractivity contribution is 5.76. The fraction of sp³-hybridized carbons (Fsp3) is 0.125. The highest BCUT2D eigenvalue weighted by atomic mass is 16.4. The first kappa shape index (κ1) is 13.0. The zero-order chi connectivity index (χ0) is 15.1. The molecular formula is C16H14N4O2. The summed E-state index contributed by atoms with van der Waals surface area (Å²) < 4.78 is 3.10. The van der Waals surface area contributed by atoms with Crippen LogP contribution in [0.4, 0.5) is 0 Å². The van der Waals surface area contributed by atoms with Gasteiger partial charge in [-0.05, 0) is 24.3 Å². The molecule has 0 amide bonds. The molecule has 6 heteroatoms. The first-order chi connectivity index (χ1) is 10.8. The summed E-state index contributed by atoms with van der Waals surface area (Å²) in [5, 5.41) is 21.1. The predicted molar refractivity (Wildman–Crippen MR) is 82.0 cm³/mol. The first-order valence-electron chi connectivity index (χ1n) is 6.95. The van der Waals surface area contributed by atoms with Crippen molar-refractivity contribution in [1.29, 1.82) is 0 Å². The molecule has 0 saturated carbocycles. The van der Waals surface area contributed by atoms with E-state index in [1.165, 1.54) is 12.7 Å². The maximum atomic E-state index is 10.5. The minimum Gasteiger partial charge on any atom is -0.369 e. The standard InChI is InChI=1S/C16H14N4O2/c21-15(19-9-17-11-5-1-3-7-13(11)19)16(22)20-10-18-12-6-2-4-8-14(12)20/h1-10,15-16,21-22H. The number of benzene rings is 2. The molecule has 110 valence electrons. The van der Waals surface area contributed by atoms with Crippen LogP contribution < -0.4 is 0 Å². The summed E-state index contributed by atoms with van der Waals surface area (Å²) in [6, 6.07) is 14.9. The molecule has 0 aliphatic heterocycles. The Morgan fingerprint density at radius 1 is 0.682 bits per heavy atom. The van der Waals surface area contributed by atoms with Crippen LogP contribution in [0.5, 0.6) is 0 Å². The topological polar surface area (TPSA) is 76.1 Å². The number of rotatable bonds is 3. The summed E-state index contributed by atoms with van der Waals surface area (Å²) in [6.45, 7) is 0. The fourth-order valence-electron chi connectivity index (χ4n) is 2.67. The van der Waals surface area contributed by atoms with E-state index >= 15 is 0 Å². The summed E-state index contributed by atoms with van der Waals surface area (Å²) in [5.41, 5.74) is 3.06. The van der Waals surface area contributed by atoms with E-state index in [-0.39, 0.29) is 0 Å². The van der Waals surface area contributed by atoms with Crippen molar-refractivity contribution < 1.29 is 10.2 Å². The smallest absolute Gasteiger partial charge is 0.177 e. The van der Waals surface area contributed by atoms with Crippen molar-refractivity contribution >= 4 is 22.1 Å². The Balaban J connectivity index is 1.77.